The van der Waals surface area contributed by atoms with Crippen LogP contribution >= 0.6 is 0 Å². The minimum atomic E-state index is -1.08. The first-order chi connectivity index (χ1) is 15.0. The fraction of sp³-hybridized carbons (Fsp3) is 0.800. The molecule has 0 saturated heterocycles. The number of carbonyl (C=O) groups is 3. The van der Waals surface area contributed by atoms with Crippen molar-refractivity contribution in [2.24, 2.45) is 17.8 Å². The standard InChI is InChI=1S/C25H45NO6/c1-5-6-7-8-9-10-11-12-16-26(17-13-20(2)23(27)28,18-14-21(3)24(29)30)19-15-22(4)25(31)32/h7-8,20-22H,5-6,9-19H2,1-4H3,(H2-,27,28,29,30,31,32)/b8-7+. The maximum absolute atomic E-state index is 11.4. The maximum atomic E-state index is 11.4. The third-order valence-corrected chi connectivity index (χ3v) is 6.48. The zero-order chi connectivity index (χ0) is 24.6. The first-order valence-corrected chi connectivity index (χ1v) is 12.2. The zero-order valence-corrected chi connectivity index (χ0v) is 20.6. The first-order valence-electron chi connectivity index (χ1n) is 12.2. The third-order valence-electron chi connectivity index (χ3n) is 6.48. The molecule has 186 valence electrons. The summed E-state index contributed by atoms with van der Waals surface area (Å²) < 4.78 is 0.568. The molecule has 7 heteroatoms. The summed E-state index contributed by atoms with van der Waals surface area (Å²) in [6.45, 7) is 9.76. The molecule has 3 atom stereocenters. The molecule has 0 aromatic heterocycles. The van der Waals surface area contributed by atoms with E-state index < -0.39 is 35.7 Å². The summed E-state index contributed by atoms with van der Waals surface area (Å²) in [7, 11) is 0. The molecule has 0 heterocycles. The van der Waals surface area contributed by atoms with Gasteiger partial charge in [0.05, 0.1) is 38.0 Å². The molecule has 0 fully saturated rings. The van der Waals surface area contributed by atoms with Gasteiger partial charge in [-0.2, -0.15) is 0 Å². The molecule has 0 aromatic carbocycles. The normalized spacial score (nSPS) is 16.4. The number of hydrogen-bond acceptors (Lipinski definition) is 4. The molecule has 0 radical (unpaired) electrons. The van der Waals surface area contributed by atoms with Crippen LogP contribution in [-0.4, -0.2) is 58.8 Å². The van der Waals surface area contributed by atoms with E-state index in [0.717, 1.165) is 45.1 Å². The molecular formula is C25H45NO6. The summed E-state index contributed by atoms with van der Waals surface area (Å²) in [4.78, 5) is 34.0. The molecule has 7 nitrogen and oxygen atoms in total. The van der Waals surface area contributed by atoms with Gasteiger partial charge in [0.25, 0.3) is 0 Å². The Balaban J connectivity index is 5.26. The van der Waals surface area contributed by atoms with Gasteiger partial charge in [0.15, 0.2) is 0 Å². The van der Waals surface area contributed by atoms with E-state index in [0.29, 0.717) is 43.4 Å². The van der Waals surface area contributed by atoms with Gasteiger partial charge in [-0.15, -0.1) is 0 Å². The average Bonchev–Trinajstić information content (AvgIpc) is 2.75. The van der Waals surface area contributed by atoms with E-state index >= 15 is 0 Å². The summed E-state index contributed by atoms with van der Waals surface area (Å²) in [6, 6.07) is 0. The number of quaternary nitrogens is 1. The Morgan fingerprint density at radius 2 is 1.22 bits per heavy atom. The Bertz CT molecular complexity index is 529. The van der Waals surface area contributed by atoms with Crippen LogP contribution in [0.1, 0.15) is 85.5 Å². The second-order valence-electron chi connectivity index (χ2n) is 9.41. The predicted molar refractivity (Wildman–Crippen MR) is 124 cm³/mol. The van der Waals surface area contributed by atoms with Crippen LogP contribution in [0.25, 0.3) is 0 Å². The van der Waals surface area contributed by atoms with Gasteiger partial charge in [0.1, 0.15) is 0 Å². The second kappa shape index (κ2) is 16.7. The fourth-order valence-corrected chi connectivity index (χ4v) is 3.73. The van der Waals surface area contributed by atoms with Crippen molar-refractivity contribution < 1.29 is 34.2 Å². The number of carboxylic acids is 3. The smallest absolute Gasteiger partial charge is 0.306 e. The highest BCUT2D eigenvalue weighted by molar-refractivity contribution is 5.69. The molecule has 0 aromatic rings. The maximum Gasteiger partial charge on any atom is 0.306 e. The van der Waals surface area contributed by atoms with E-state index in [4.69, 9.17) is 0 Å². The van der Waals surface area contributed by atoms with Gasteiger partial charge in [-0.05, 0) is 32.1 Å². The lowest BCUT2D eigenvalue weighted by atomic mass is 10.0. The van der Waals surface area contributed by atoms with E-state index in [9.17, 15) is 29.7 Å². The predicted octanol–water partition coefficient (Wildman–Crippen LogP) is 3.72. The minimum Gasteiger partial charge on any atom is -0.550 e. The Morgan fingerprint density at radius 1 is 0.750 bits per heavy atom. The summed E-state index contributed by atoms with van der Waals surface area (Å²) >= 11 is 0. The lowest BCUT2D eigenvalue weighted by Crippen LogP contribution is -2.52. The second-order valence-corrected chi connectivity index (χ2v) is 9.41. The lowest BCUT2D eigenvalue weighted by Gasteiger charge is -2.41. The van der Waals surface area contributed by atoms with Gasteiger partial charge in [0.2, 0.25) is 0 Å². The summed E-state index contributed by atoms with van der Waals surface area (Å²) in [5.74, 6) is -4.35. The Hall–Kier alpha value is -1.89. The third kappa shape index (κ3) is 13.5. The van der Waals surface area contributed by atoms with Crippen LogP contribution < -0.4 is 5.11 Å². The molecule has 0 aliphatic carbocycles. The van der Waals surface area contributed by atoms with Gasteiger partial charge in [-0.25, -0.2) is 0 Å². The highest BCUT2D eigenvalue weighted by atomic mass is 16.4. The number of unbranched alkanes of at least 4 members (excludes halogenated alkanes) is 4. The van der Waals surface area contributed by atoms with Gasteiger partial charge >= 0.3 is 11.9 Å². The Labute approximate surface area is 194 Å². The van der Waals surface area contributed by atoms with Crippen LogP contribution in [0.2, 0.25) is 0 Å². The van der Waals surface area contributed by atoms with E-state index in [2.05, 4.69) is 19.1 Å². The zero-order valence-electron chi connectivity index (χ0n) is 20.6. The van der Waals surface area contributed by atoms with Gasteiger partial charge in [-0.1, -0.05) is 46.3 Å². The lowest BCUT2D eigenvalue weighted by molar-refractivity contribution is -0.929. The number of nitrogens with zero attached hydrogens (tertiary/aromatic N) is 1. The fourth-order valence-electron chi connectivity index (χ4n) is 3.73. The molecule has 0 aliphatic heterocycles. The van der Waals surface area contributed by atoms with Gasteiger partial charge in [0, 0.05) is 31.1 Å². The van der Waals surface area contributed by atoms with Crippen LogP contribution in [0.4, 0.5) is 0 Å². The topological polar surface area (TPSA) is 115 Å². The minimum absolute atomic E-state index is 0.436. The van der Waals surface area contributed by atoms with Crippen molar-refractivity contribution in [3.8, 4) is 0 Å². The van der Waals surface area contributed by atoms with Gasteiger partial charge < -0.3 is 24.6 Å². The van der Waals surface area contributed by atoms with E-state index in [1.165, 1.54) is 0 Å². The van der Waals surface area contributed by atoms with E-state index in [1.54, 1.807) is 20.8 Å². The van der Waals surface area contributed by atoms with Gasteiger partial charge in [-0.3, -0.25) is 9.59 Å². The number of hydrogen-bond donors (Lipinski definition) is 2. The van der Waals surface area contributed by atoms with Crippen LogP contribution in [0.15, 0.2) is 12.2 Å². The molecule has 0 bridgehead atoms. The Morgan fingerprint density at radius 3 is 1.66 bits per heavy atom. The van der Waals surface area contributed by atoms with Crippen molar-refractivity contribution in [1.82, 2.24) is 0 Å². The van der Waals surface area contributed by atoms with Crippen molar-refractivity contribution in [3.05, 3.63) is 12.2 Å². The van der Waals surface area contributed by atoms with Crippen LogP contribution in [0, 0.1) is 17.8 Å². The highest BCUT2D eigenvalue weighted by Gasteiger charge is 2.30. The molecule has 0 saturated carbocycles. The number of carboxylic acid groups (broad SMARTS) is 3. The van der Waals surface area contributed by atoms with Crippen LogP contribution in [-0.2, 0) is 14.4 Å². The molecular weight excluding hydrogens is 410 g/mol. The quantitative estimate of drug-likeness (QED) is 0.164. The van der Waals surface area contributed by atoms with Crippen molar-refractivity contribution >= 4 is 17.9 Å². The number of allylic oxidation sites excluding steroid dienone is 2. The molecule has 0 spiro atoms. The Kier molecular flexibility index (Phi) is 15.7. The molecule has 0 amide bonds. The molecule has 0 aliphatic rings. The highest BCUT2D eigenvalue weighted by Crippen LogP contribution is 2.21. The molecule has 0 rings (SSSR count). The van der Waals surface area contributed by atoms with Crippen molar-refractivity contribution in [1.29, 1.82) is 0 Å². The van der Waals surface area contributed by atoms with Crippen LogP contribution in [0.3, 0.4) is 0 Å². The summed E-state index contributed by atoms with van der Waals surface area (Å²) in [6.07, 6.45) is 12.2. The van der Waals surface area contributed by atoms with E-state index in [-0.39, 0.29) is 0 Å². The molecule has 3 unspecified atom stereocenters. The van der Waals surface area contributed by atoms with E-state index in [1.807, 2.05) is 0 Å². The van der Waals surface area contributed by atoms with Crippen LogP contribution in [0.5, 0.6) is 0 Å². The SMILES string of the molecule is CCC/C=C/CCCCC[N+](CCC(C)C(=O)[O-])(CCC(C)C(=O)O)CCC(C)C(=O)O. The molecule has 32 heavy (non-hydrogen) atoms. The molecule has 2 N–H and O–H groups in total. The summed E-state index contributed by atoms with van der Waals surface area (Å²) in [5, 5.41) is 29.9. The average molecular weight is 456 g/mol. The van der Waals surface area contributed by atoms with Crippen molar-refractivity contribution in [2.45, 2.75) is 85.5 Å². The number of rotatable bonds is 20. The monoisotopic (exact) mass is 455 g/mol. The largest absolute Gasteiger partial charge is 0.550 e. The number of carbonyl (C=O) groups excluding carboxylic acids is 1. The van der Waals surface area contributed by atoms with Crippen molar-refractivity contribution in [3.63, 3.8) is 0 Å². The first kappa shape index (κ1) is 30.1. The van der Waals surface area contributed by atoms with Crippen molar-refractivity contribution in [2.75, 3.05) is 26.2 Å². The number of aliphatic carboxylic acids is 3. The summed E-state index contributed by atoms with van der Waals surface area (Å²) in [5.41, 5.74) is 0.